The lowest BCUT2D eigenvalue weighted by Crippen LogP contribution is -2.29. The van der Waals surface area contributed by atoms with Gasteiger partial charge in [-0.2, -0.15) is 0 Å². The summed E-state index contributed by atoms with van der Waals surface area (Å²) < 4.78 is 10.4. The lowest BCUT2D eigenvalue weighted by Gasteiger charge is -2.17. The van der Waals surface area contributed by atoms with E-state index in [2.05, 4.69) is 5.32 Å². The fourth-order valence-electron chi connectivity index (χ4n) is 2.28. The van der Waals surface area contributed by atoms with E-state index in [4.69, 9.17) is 21.1 Å². The van der Waals surface area contributed by atoms with Crippen LogP contribution < -0.4 is 14.8 Å². The molecule has 0 aromatic heterocycles. The van der Waals surface area contributed by atoms with Crippen LogP contribution in [0.25, 0.3) is 0 Å². The molecule has 2 aromatic carbocycles. The molecule has 24 heavy (non-hydrogen) atoms. The van der Waals surface area contributed by atoms with Gasteiger partial charge in [0.1, 0.15) is 11.5 Å². The predicted octanol–water partition coefficient (Wildman–Crippen LogP) is 3.43. The van der Waals surface area contributed by atoms with Crippen molar-refractivity contribution in [2.24, 2.45) is 0 Å². The number of carbonyl (C=O) groups is 1. The molecular weight excluding hydrogens is 328 g/mol. The lowest BCUT2D eigenvalue weighted by molar-refractivity contribution is -0.117. The van der Waals surface area contributed by atoms with Gasteiger partial charge in [-0.3, -0.25) is 9.69 Å². The Balaban J connectivity index is 1.93. The van der Waals surface area contributed by atoms with E-state index in [1.165, 1.54) is 0 Å². The third kappa shape index (κ3) is 5.44. The molecule has 0 saturated carbocycles. The average Bonchev–Trinajstić information content (AvgIpc) is 2.56. The minimum atomic E-state index is -0.109. The van der Waals surface area contributed by atoms with E-state index in [1.54, 1.807) is 32.4 Å². The second-order valence-corrected chi connectivity index (χ2v) is 5.88. The van der Waals surface area contributed by atoms with E-state index < -0.39 is 0 Å². The van der Waals surface area contributed by atoms with Crippen LogP contribution >= 0.6 is 11.6 Å². The molecule has 0 unspecified atom stereocenters. The first-order chi connectivity index (χ1) is 11.5. The summed E-state index contributed by atoms with van der Waals surface area (Å²) in [5, 5.41) is 3.56. The number of halogens is 1. The molecule has 0 saturated heterocycles. The standard InChI is InChI=1S/C18H21ClN2O3/c1-21(11-13-4-6-14(19)7-5-13)12-18(22)20-15-8-16(23-2)10-17(9-15)24-3/h4-10H,11-12H2,1-3H3,(H,20,22). The Morgan fingerprint density at radius 2 is 1.67 bits per heavy atom. The summed E-state index contributed by atoms with van der Waals surface area (Å²) >= 11 is 5.87. The second-order valence-electron chi connectivity index (χ2n) is 5.45. The van der Waals surface area contributed by atoms with E-state index in [0.29, 0.717) is 28.8 Å². The molecule has 0 heterocycles. The molecule has 0 aliphatic carbocycles. The summed E-state index contributed by atoms with van der Waals surface area (Å²) in [6, 6.07) is 12.8. The summed E-state index contributed by atoms with van der Waals surface area (Å²) in [7, 11) is 5.03. The third-order valence-corrected chi connectivity index (χ3v) is 3.67. The van der Waals surface area contributed by atoms with Crippen LogP contribution in [0.5, 0.6) is 11.5 Å². The Bertz CT molecular complexity index is 667. The zero-order valence-electron chi connectivity index (χ0n) is 14.0. The average molecular weight is 349 g/mol. The van der Waals surface area contributed by atoms with Crippen molar-refractivity contribution < 1.29 is 14.3 Å². The van der Waals surface area contributed by atoms with Crippen molar-refractivity contribution in [1.82, 2.24) is 4.90 Å². The molecule has 0 bridgehead atoms. The minimum Gasteiger partial charge on any atom is -0.497 e. The zero-order valence-corrected chi connectivity index (χ0v) is 14.8. The Kier molecular flexibility index (Phi) is 6.46. The summed E-state index contributed by atoms with van der Waals surface area (Å²) in [5.74, 6) is 1.14. The molecule has 0 atom stereocenters. The van der Waals surface area contributed by atoms with Gasteiger partial charge in [-0.25, -0.2) is 0 Å². The number of nitrogens with one attached hydrogen (secondary N) is 1. The van der Waals surface area contributed by atoms with Crippen LogP contribution in [0.1, 0.15) is 5.56 Å². The van der Waals surface area contributed by atoms with Crippen molar-refractivity contribution in [2.45, 2.75) is 6.54 Å². The molecule has 0 radical (unpaired) electrons. The maximum atomic E-state index is 12.2. The molecule has 0 fully saturated rings. The van der Waals surface area contributed by atoms with Gasteiger partial charge in [0.25, 0.3) is 0 Å². The number of rotatable bonds is 7. The normalized spacial score (nSPS) is 10.5. The number of hydrogen-bond donors (Lipinski definition) is 1. The molecule has 2 aromatic rings. The van der Waals surface area contributed by atoms with Crippen LogP contribution in [0.2, 0.25) is 5.02 Å². The van der Waals surface area contributed by atoms with E-state index in [1.807, 2.05) is 36.2 Å². The minimum absolute atomic E-state index is 0.109. The first-order valence-corrected chi connectivity index (χ1v) is 7.84. The van der Waals surface area contributed by atoms with Gasteiger partial charge >= 0.3 is 0 Å². The van der Waals surface area contributed by atoms with Gasteiger partial charge in [0.15, 0.2) is 0 Å². The number of nitrogens with zero attached hydrogens (tertiary/aromatic N) is 1. The van der Waals surface area contributed by atoms with Crippen molar-refractivity contribution in [2.75, 3.05) is 33.1 Å². The quantitative estimate of drug-likeness (QED) is 0.833. The monoisotopic (exact) mass is 348 g/mol. The predicted molar refractivity (Wildman–Crippen MR) is 96.0 cm³/mol. The Labute approximate surface area is 147 Å². The van der Waals surface area contributed by atoms with Gasteiger partial charge in [0, 0.05) is 35.5 Å². The van der Waals surface area contributed by atoms with Gasteiger partial charge in [0.2, 0.25) is 5.91 Å². The van der Waals surface area contributed by atoms with Crippen LogP contribution in [-0.4, -0.2) is 38.6 Å². The summed E-state index contributed by atoms with van der Waals surface area (Å²) in [4.78, 5) is 14.1. The number of anilines is 1. The summed E-state index contributed by atoms with van der Waals surface area (Å²) in [5.41, 5.74) is 1.73. The largest absolute Gasteiger partial charge is 0.497 e. The fourth-order valence-corrected chi connectivity index (χ4v) is 2.41. The molecule has 1 N–H and O–H groups in total. The SMILES string of the molecule is COc1cc(NC(=O)CN(C)Cc2ccc(Cl)cc2)cc(OC)c1. The van der Waals surface area contributed by atoms with E-state index >= 15 is 0 Å². The van der Waals surface area contributed by atoms with Crippen molar-refractivity contribution >= 4 is 23.2 Å². The molecule has 0 aliphatic heterocycles. The number of ether oxygens (including phenoxy) is 2. The first-order valence-electron chi connectivity index (χ1n) is 7.46. The van der Waals surface area contributed by atoms with Gasteiger partial charge in [-0.1, -0.05) is 23.7 Å². The van der Waals surface area contributed by atoms with Gasteiger partial charge in [0.05, 0.1) is 20.8 Å². The summed E-state index contributed by atoms with van der Waals surface area (Å²) in [6.07, 6.45) is 0. The Morgan fingerprint density at radius 3 is 2.21 bits per heavy atom. The van der Waals surface area contributed by atoms with Crippen molar-refractivity contribution in [3.63, 3.8) is 0 Å². The number of methoxy groups -OCH3 is 2. The topological polar surface area (TPSA) is 50.8 Å². The van der Waals surface area contributed by atoms with Crippen molar-refractivity contribution in [3.05, 3.63) is 53.1 Å². The number of benzene rings is 2. The number of hydrogen-bond acceptors (Lipinski definition) is 4. The van der Waals surface area contributed by atoms with Crippen LogP contribution in [0.4, 0.5) is 5.69 Å². The van der Waals surface area contributed by atoms with Crippen LogP contribution in [0.15, 0.2) is 42.5 Å². The van der Waals surface area contributed by atoms with Gasteiger partial charge < -0.3 is 14.8 Å². The fraction of sp³-hybridized carbons (Fsp3) is 0.278. The molecule has 0 spiro atoms. The second kappa shape index (κ2) is 8.57. The third-order valence-electron chi connectivity index (χ3n) is 3.41. The number of carbonyl (C=O) groups excluding carboxylic acids is 1. The maximum Gasteiger partial charge on any atom is 0.238 e. The van der Waals surface area contributed by atoms with E-state index in [9.17, 15) is 4.79 Å². The van der Waals surface area contributed by atoms with Gasteiger partial charge in [-0.05, 0) is 24.7 Å². The van der Waals surface area contributed by atoms with Crippen LogP contribution in [0.3, 0.4) is 0 Å². The molecule has 1 amide bonds. The highest BCUT2D eigenvalue weighted by molar-refractivity contribution is 6.30. The number of likely N-dealkylation sites (N-methyl/N-ethyl adjacent to an activating group) is 1. The van der Waals surface area contributed by atoms with Crippen molar-refractivity contribution in [3.8, 4) is 11.5 Å². The smallest absolute Gasteiger partial charge is 0.238 e. The van der Waals surface area contributed by atoms with Crippen molar-refractivity contribution in [1.29, 1.82) is 0 Å². The highest BCUT2D eigenvalue weighted by atomic mass is 35.5. The molecule has 128 valence electrons. The van der Waals surface area contributed by atoms with Gasteiger partial charge in [-0.15, -0.1) is 0 Å². The van der Waals surface area contributed by atoms with E-state index in [-0.39, 0.29) is 12.5 Å². The lowest BCUT2D eigenvalue weighted by atomic mass is 10.2. The Hall–Kier alpha value is -2.24. The van der Waals surface area contributed by atoms with E-state index in [0.717, 1.165) is 5.56 Å². The highest BCUT2D eigenvalue weighted by Crippen LogP contribution is 2.25. The van der Waals surface area contributed by atoms with Crippen LogP contribution in [0, 0.1) is 0 Å². The zero-order chi connectivity index (χ0) is 17.5. The number of amides is 1. The Morgan fingerprint density at radius 1 is 1.08 bits per heavy atom. The molecule has 0 aliphatic rings. The molecule has 5 nitrogen and oxygen atoms in total. The summed E-state index contributed by atoms with van der Waals surface area (Å²) in [6.45, 7) is 0.925. The first kappa shape index (κ1) is 18.1. The molecule has 2 rings (SSSR count). The highest BCUT2D eigenvalue weighted by Gasteiger charge is 2.09. The molecular formula is C18H21ClN2O3. The molecule has 6 heteroatoms. The maximum absolute atomic E-state index is 12.2. The van der Waals surface area contributed by atoms with Crippen LogP contribution in [-0.2, 0) is 11.3 Å².